The van der Waals surface area contributed by atoms with E-state index >= 15 is 0 Å². The summed E-state index contributed by atoms with van der Waals surface area (Å²) in [6.07, 6.45) is 0.941. The number of amides is 1. The third-order valence-electron chi connectivity index (χ3n) is 5.55. The quantitative estimate of drug-likeness (QED) is 0.785. The average Bonchev–Trinajstić information content (AvgIpc) is 2.69. The van der Waals surface area contributed by atoms with Gasteiger partial charge in [0.05, 0.1) is 11.5 Å². The van der Waals surface area contributed by atoms with Crippen molar-refractivity contribution in [2.24, 2.45) is 5.92 Å². The second-order valence-electron chi connectivity index (χ2n) is 7.57. The van der Waals surface area contributed by atoms with Crippen molar-refractivity contribution in [3.05, 3.63) is 57.5 Å². The number of aromatic nitrogens is 1. The number of carbonyl (C=O) groups is 2. The summed E-state index contributed by atoms with van der Waals surface area (Å²) >= 11 is 7.15. The lowest BCUT2D eigenvalue weighted by molar-refractivity contribution is -0.133. The minimum Gasteiger partial charge on any atom is -0.481 e. The molecule has 2 aromatic rings. The molecule has 2 unspecified atom stereocenters. The Bertz CT molecular complexity index is 1000. The van der Waals surface area contributed by atoms with Gasteiger partial charge in [0, 0.05) is 47.9 Å². The summed E-state index contributed by atoms with van der Waals surface area (Å²) in [4.78, 5) is 37.7. The molecule has 4 rings (SSSR count). The van der Waals surface area contributed by atoms with Crippen LogP contribution in [-0.4, -0.2) is 51.0 Å². The Hall–Kier alpha value is -2.25. The molecule has 2 aliphatic heterocycles. The molecule has 0 aliphatic carbocycles. The number of rotatable bonds is 5. The van der Waals surface area contributed by atoms with Gasteiger partial charge in [0.1, 0.15) is 0 Å². The molecule has 29 heavy (non-hydrogen) atoms. The Balaban J connectivity index is 1.62. The third-order valence-corrected chi connectivity index (χ3v) is 6.70. The lowest BCUT2D eigenvalue weighted by Crippen LogP contribution is -2.49. The van der Waals surface area contributed by atoms with Gasteiger partial charge in [0.25, 0.3) is 5.56 Å². The molecule has 152 valence electrons. The molecule has 1 N–H and O–H groups in total. The molecule has 1 amide bonds. The van der Waals surface area contributed by atoms with Gasteiger partial charge in [-0.1, -0.05) is 23.7 Å². The van der Waals surface area contributed by atoms with E-state index in [1.165, 1.54) is 0 Å². The number of carbonyl (C=O) groups excluding carboxylic acids is 1. The summed E-state index contributed by atoms with van der Waals surface area (Å²) in [5.74, 6) is -0.559. The predicted octanol–water partition coefficient (Wildman–Crippen LogP) is 2.93. The van der Waals surface area contributed by atoms with Crippen LogP contribution in [0.1, 0.15) is 18.0 Å². The first kappa shape index (κ1) is 20.0. The highest BCUT2D eigenvalue weighted by atomic mass is 35.5. The molecule has 0 spiro atoms. The molecule has 6 nitrogen and oxygen atoms in total. The number of halogens is 1. The Labute approximate surface area is 177 Å². The molecule has 0 radical (unpaired) electrons. The number of benzene rings is 1. The fourth-order valence-electron chi connectivity index (χ4n) is 4.41. The normalized spacial score (nSPS) is 20.2. The number of piperidine rings is 1. The SMILES string of the molecule is O=C(O)CSCC(=O)N1CC2CC(C1)c1c(-c3ccc(Cl)cc3)ccc(=O)n1C2. The summed E-state index contributed by atoms with van der Waals surface area (Å²) in [7, 11) is 0. The first-order chi connectivity index (χ1) is 13.9. The van der Waals surface area contributed by atoms with Gasteiger partial charge in [-0.25, -0.2) is 0 Å². The Morgan fingerprint density at radius 3 is 2.55 bits per heavy atom. The minimum absolute atomic E-state index is 0.01000. The van der Waals surface area contributed by atoms with Crippen LogP contribution in [0, 0.1) is 5.92 Å². The summed E-state index contributed by atoms with van der Waals surface area (Å²) < 4.78 is 1.86. The highest BCUT2D eigenvalue weighted by Gasteiger charge is 2.37. The number of carboxylic acid groups (broad SMARTS) is 1. The molecule has 0 saturated carbocycles. The average molecular weight is 433 g/mol. The topological polar surface area (TPSA) is 79.6 Å². The first-order valence-electron chi connectivity index (χ1n) is 9.49. The van der Waals surface area contributed by atoms with E-state index < -0.39 is 5.97 Å². The molecular formula is C21H21ClN2O4S. The molecule has 1 saturated heterocycles. The molecule has 8 heteroatoms. The monoisotopic (exact) mass is 432 g/mol. The van der Waals surface area contributed by atoms with Crippen molar-refractivity contribution in [1.29, 1.82) is 0 Å². The zero-order valence-corrected chi connectivity index (χ0v) is 17.3. The standard InChI is InChI=1S/C21H21ClN2O4S/c22-16-3-1-14(2-4-16)17-5-6-18(25)24-9-13-7-15(21(17)24)10-23(8-13)19(26)11-29-12-20(27)28/h1-6,13,15H,7-12H2,(H,27,28). The van der Waals surface area contributed by atoms with Gasteiger partial charge in [0.2, 0.25) is 5.91 Å². The van der Waals surface area contributed by atoms with Gasteiger partial charge in [0.15, 0.2) is 0 Å². The van der Waals surface area contributed by atoms with Crippen LogP contribution >= 0.6 is 23.4 Å². The summed E-state index contributed by atoms with van der Waals surface area (Å²) in [5, 5.41) is 9.43. The smallest absolute Gasteiger partial charge is 0.313 e. The Kier molecular flexibility index (Phi) is 5.69. The maximum absolute atomic E-state index is 12.6. The fraction of sp³-hybridized carbons (Fsp3) is 0.381. The van der Waals surface area contributed by atoms with Gasteiger partial charge < -0.3 is 14.6 Å². The van der Waals surface area contributed by atoms with E-state index in [1.54, 1.807) is 6.07 Å². The van der Waals surface area contributed by atoms with Crippen LogP contribution < -0.4 is 5.56 Å². The highest BCUT2D eigenvalue weighted by molar-refractivity contribution is 8.00. The van der Waals surface area contributed by atoms with Gasteiger partial charge in [-0.3, -0.25) is 14.4 Å². The van der Waals surface area contributed by atoms with Gasteiger partial charge in [-0.15, -0.1) is 11.8 Å². The van der Waals surface area contributed by atoms with Gasteiger partial charge >= 0.3 is 5.97 Å². The van der Waals surface area contributed by atoms with E-state index in [1.807, 2.05) is 39.8 Å². The van der Waals surface area contributed by atoms with E-state index in [0.717, 1.165) is 35.0 Å². The number of nitrogens with zero attached hydrogens (tertiary/aromatic N) is 2. The van der Waals surface area contributed by atoms with E-state index in [2.05, 4.69) is 0 Å². The number of aliphatic carboxylic acids is 1. The molecular weight excluding hydrogens is 412 g/mol. The number of hydrogen-bond acceptors (Lipinski definition) is 4. The molecule has 1 aromatic carbocycles. The molecule has 2 atom stereocenters. The van der Waals surface area contributed by atoms with Crippen molar-refractivity contribution in [3.63, 3.8) is 0 Å². The Morgan fingerprint density at radius 2 is 1.83 bits per heavy atom. The van der Waals surface area contributed by atoms with E-state index in [0.29, 0.717) is 24.7 Å². The van der Waals surface area contributed by atoms with Gasteiger partial charge in [-0.2, -0.15) is 0 Å². The predicted molar refractivity (Wildman–Crippen MR) is 114 cm³/mol. The second kappa shape index (κ2) is 8.24. The Morgan fingerprint density at radius 1 is 1.07 bits per heavy atom. The minimum atomic E-state index is -0.917. The van der Waals surface area contributed by atoms with Crippen molar-refractivity contribution in [1.82, 2.24) is 9.47 Å². The lowest BCUT2D eigenvalue weighted by Gasteiger charge is -2.43. The maximum Gasteiger partial charge on any atom is 0.313 e. The number of carboxylic acids is 1. The molecule has 1 aromatic heterocycles. The third kappa shape index (κ3) is 4.21. The number of pyridine rings is 1. The zero-order chi connectivity index (χ0) is 20.5. The van der Waals surface area contributed by atoms with Crippen molar-refractivity contribution >= 4 is 35.2 Å². The van der Waals surface area contributed by atoms with Crippen LogP contribution in [0.2, 0.25) is 5.02 Å². The lowest BCUT2D eigenvalue weighted by atomic mass is 9.80. The van der Waals surface area contributed by atoms with Crippen molar-refractivity contribution in [2.75, 3.05) is 24.6 Å². The molecule has 2 aliphatic rings. The van der Waals surface area contributed by atoms with Crippen LogP contribution in [0.4, 0.5) is 0 Å². The summed E-state index contributed by atoms with van der Waals surface area (Å²) in [5.41, 5.74) is 2.97. The van der Waals surface area contributed by atoms with Crippen molar-refractivity contribution in [2.45, 2.75) is 18.9 Å². The largest absolute Gasteiger partial charge is 0.481 e. The number of likely N-dealkylation sites (tertiary alicyclic amines) is 1. The maximum atomic E-state index is 12.6. The van der Waals surface area contributed by atoms with Crippen LogP contribution in [-0.2, 0) is 16.1 Å². The highest BCUT2D eigenvalue weighted by Crippen LogP contribution is 2.40. The molecule has 3 heterocycles. The van der Waals surface area contributed by atoms with Crippen molar-refractivity contribution in [3.8, 4) is 11.1 Å². The first-order valence-corrected chi connectivity index (χ1v) is 11.0. The van der Waals surface area contributed by atoms with E-state index in [-0.39, 0.29) is 34.8 Å². The number of hydrogen-bond donors (Lipinski definition) is 1. The van der Waals surface area contributed by atoms with Gasteiger partial charge in [-0.05, 0) is 36.1 Å². The van der Waals surface area contributed by atoms with Crippen LogP contribution in [0.5, 0.6) is 0 Å². The molecule has 1 fully saturated rings. The van der Waals surface area contributed by atoms with E-state index in [9.17, 15) is 14.4 Å². The van der Waals surface area contributed by atoms with Crippen LogP contribution in [0.3, 0.4) is 0 Å². The fourth-order valence-corrected chi connectivity index (χ4v) is 5.17. The summed E-state index contributed by atoms with van der Waals surface area (Å²) in [6, 6.07) is 11.0. The molecule has 2 bridgehead atoms. The van der Waals surface area contributed by atoms with Crippen molar-refractivity contribution < 1.29 is 14.7 Å². The zero-order valence-electron chi connectivity index (χ0n) is 15.7. The van der Waals surface area contributed by atoms with E-state index in [4.69, 9.17) is 16.7 Å². The van der Waals surface area contributed by atoms with Crippen LogP contribution in [0.15, 0.2) is 41.2 Å². The van der Waals surface area contributed by atoms with Crippen LogP contribution in [0.25, 0.3) is 11.1 Å². The number of fused-ring (bicyclic) bond motifs is 4. The summed E-state index contributed by atoms with van der Waals surface area (Å²) in [6.45, 7) is 1.76. The second-order valence-corrected chi connectivity index (χ2v) is 8.99. The number of thioether (sulfide) groups is 1.